The third-order valence-electron chi connectivity index (χ3n) is 2.90. The molecular weight excluding hydrogens is 254 g/mol. The topological polar surface area (TPSA) is 67.5 Å². The number of benzene rings is 2. The third kappa shape index (κ3) is 3.41. The molecule has 0 bridgehead atoms. The van der Waals surface area contributed by atoms with Crippen LogP contribution < -0.4 is 5.43 Å². The van der Waals surface area contributed by atoms with Gasteiger partial charge in [-0.25, -0.2) is 0 Å². The zero-order valence-corrected chi connectivity index (χ0v) is 11.3. The van der Waals surface area contributed by atoms with E-state index >= 15 is 0 Å². The number of nitro benzene ring substituents is 1. The predicted octanol–water partition coefficient (Wildman–Crippen LogP) is 3.66. The molecule has 0 unspecified atom stereocenters. The van der Waals surface area contributed by atoms with Gasteiger partial charge in [0.1, 0.15) is 0 Å². The number of hydrazone groups is 1. The minimum atomic E-state index is -0.428. The number of non-ortho nitro benzene ring substituents is 1. The Morgan fingerprint density at radius 2 is 1.85 bits per heavy atom. The first-order valence-electron chi connectivity index (χ1n) is 6.17. The normalized spacial score (nSPS) is 10.7. The number of hydrogen-bond acceptors (Lipinski definition) is 4. The number of nitro groups is 1. The lowest BCUT2D eigenvalue weighted by molar-refractivity contribution is -0.384. The molecule has 0 aromatic heterocycles. The molecule has 5 nitrogen and oxygen atoms in total. The lowest BCUT2D eigenvalue weighted by atomic mass is 10.1. The van der Waals surface area contributed by atoms with Gasteiger partial charge in [0.05, 0.1) is 16.8 Å². The summed E-state index contributed by atoms with van der Waals surface area (Å²) in [5.74, 6) is 0. The van der Waals surface area contributed by atoms with Crippen LogP contribution in [0.1, 0.15) is 16.7 Å². The van der Waals surface area contributed by atoms with Crippen LogP contribution in [0.3, 0.4) is 0 Å². The number of rotatable bonds is 4. The maximum absolute atomic E-state index is 10.5. The smallest absolute Gasteiger partial charge is 0.269 e. The average molecular weight is 269 g/mol. The van der Waals surface area contributed by atoms with Gasteiger partial charge in [-0.15, -0.1) is 0 Å². The molecule has 20 heavy (non-hydrogen) atoms. The van der Waals surface area contributed by atoms with Gasteiger partial charge in [-0.2, -0.15) is 5.10 Å². The van der Waals surface area contributed by atoms with Gasteiger partial charge in [0, 0.05) is 12.1 Å². The highest BCUT2D eigenvalue weighted by Crippen LogP contribution is 2.15. The summed E-state index contributed by atoms with van der Waals surface area (Å²) in [5, 5.41) is 14.7. The highest BCUT2D eigenvalue weighted by molar-refractivity contribution is 5.82. The molecule has 0 aliphatic carbocycles. The van der Waals surface area contributed by atoms with Gasteiger partial charge in [-0.05, 0) is 37.1 Å². The maximum atomic E-state index is 10.5. The Kier molecular flexibility index (Phi) is 4.10. The molecule has 2 aromatic carbocycles. The summed E-state index contributed by atoms with van der Waals surface area (Å²) in [7, 11) is 0. The summed E-state index contributed by atoms with van der Waals surface area (Å²) in [6, 6.07) is 12.2. The van der Waals surface area contributed by atoms with Crippen molar-refractivity contribution in [2.24, 2.45) is 5.10 Å². The Hall–Kier alpha value is -2.69. The molecule has 0 saturated heterocycles. The van der Waals surface area contributed by atoms with Gasteiger partial charge in [-0.3, -0.25) is 15.5 Å². The van der Waals surface area contributed by atoms with E-state index in [1.54, 1.807) is 18.3 Å². The zero-order valence-electron chi connectivity index (χ0n) is 11.3. The second kappa shape index (κ2) is 5.97. The van der Waals surface area contributed by atoms with E-state index in [-0.39, 0.29) is 5.69 Å². The van der Waals surface area contributed by atoms with Gasteiger partial charge in [0.25, 0.3) is 5.69 Å². The maximum Gasteiger partial charge on any atom is 0.269 e. The average Bonchev–Trinajstić information content (AvgIpc) is 2.42. The summed E-state index contributed by atoms with van der Waals surface area (Å²) in [5.41, 5.74) is 7.01. The molecule has 1 N–H and O–H groups in total. The van der Waals surface area contributed by atoms with Crippen molar-refractivity contribution in [2.45, 2.75) is 13.8 Å². The molecule has 0 atom stereocenters. The Morgan fingerprint density at radius 1 is 1.15 bits per heavy atom. The van der Waals surface area contributed by atoms with E-state index in [4.69, 9.17) is 0 Å². The first-order chi connectivity index (χ1) is 9.56. The van der Waals surface area contributed by atoms with Crippen molar-refractivity contribution < 1.29 is 4.92 Å². The molecule has 0 radical (unpaired) electrons. The predicted molar refractivity (Wildman–Crippen MR) is 80.2 cm³/mol. The quantitative estimate of drug-likeness (QED) is 0.523. The Labute approximate surface area is 117 Å². The van der Waals surface area contributed by atoms with Crippen LogP contribution in [0.25, 0.3) is 0 Å². The highest BCUT2D eigenvalue weighted by Gasteiger charge is 2.02. The fourth-order valence-electron chi connectivity index (χ4n) is 1.80. The molecule has 0 heterocycles. The van der Waals surface area contributed by atoms with Crippen molar-refractivity contribution in [1.29, 1.82) is 0 Å². The fraction of sp³-hybridized carbons (Fsp3) is 0.133. The standard InChI is InChI=1S/C15H15N3O2/c1-11-3-4-13(12(2)9-11)10-16-17-14-5-7-15(8-6-14)18(19)20/h3-10,17H,1-2H3/b16-10+. The van der Waals surface area contributed by atoms with E-state index in [0.717, 1.165) is 11.1 Å². The second-order valence-corrected chi connectivity index (χ2v) is 4.53. The van der Waals surface area contributed by atoms with Crippen LogP contribution in [0, 0.1) is 24.0 Å². The second-order valence-electron chi connectivity index (χ2n) is 4.53. The lowest BCUT2D eigenvalue weighted by Gasteiger charge is -2.02. The Morgan fingerprint density at radius 3 is 2.45 bits per heavy atom. The van der Waals surface area contributed by atoms with Gasteiger partial charge >= 0.3 is 0 Å². The van der Waals surface area contributed by atoms with Crippen LogP contribution in [0.2, 0.25) is 0 Å². The summed E-state index contributed by atoms with van der Waals surface area (Å²) < 4.78 is 0. The molecule has 0 aliphatic rings. The van der Waals surface area contributed by atoms with Gasteiger partial charge in [0.15, 0.2) is 0 Å². The number of anilines is 1. The number of nitrogens with one attached hydrogen (secondary N) is 1. The molecule has 2 aromatic rings. The third-order valence-corrected chi connectivity index (χ3v) is 2.90. The van der Waals surface area contributed by atoms with Gasteiger partial charge in [-0.1, -0.05) is 23.8 Å². The van der Waals surface area contributed by atoms with Crippen LogP contribution in [-0.2, 0) is 0 Å². The lowest BCUT2D eigenvalue weighted by Crippen LogP contribution is -1.93. The van der Waals surface area contributed by atoms with E-state index < -0.39 is 4.92 Å². The molecule has 0 aliphatic heterocycles. The highest BCUT2D eigenvalue weighted by atomic mass is 16.6. The summed E-state index contributed by atoms with van der Waals surface area (Å²) in [6.07, 6.45) is 1.73. The first kappa shape index (κ1) is 13.7. The van der Waals surface area contributed by atoms with Crippen molar-refractivity contribution in [3.8, 4) is 0 Å². The minimum Gasteiger partial charge on any atom is -0.278 e. The molecular formula is C15H15N3O2. The van der Waals surface area contributed by atoms with Crippen molar-refractivity contribution in [1.82, 2.24) is 0 Å². The van der Waals surface area contributed by atoms with Gasteiger partial charge < -0.3 is 0 Å². The van der Waals surface area contributed by atoms with Crippen LogP contribution in [0.4, 0.5) is 11.4 Å². The summed E-state index contributed by atoms with van der Waals surface area (Å²) in [6.45, 7) is 4.07. The van der Waals surface area contributed by atoms with Crippen molar-refractivity contribution in [3.63, 3.8) is 0 Å². The van der Waals surface area contributed by atoms with Gasteiger partial charge in [0.2, 0.25) is 0 Å². The van der Waals surface area contributed by atoms with E-state index in [2.05, 4.69) is 16.6 Å². The summed E-state index contributed by atoms with van der Waals surface area (Å²) in [4.78, 5) is 10.1. The largest absolute Gasteiger partial charge is 0.278 e. The fourth-order valence-corrected chi connectivity index (χ4v) is 1.80. The van der Waals surface area contributed by atoms with Crippen molar-refractivity contribution >= 4 is 17.6 Å². The molecule has 2 rings (SSSR count). The van der Waals surface area contributed by atoms with E-state index in [9.17, 15) is 10.1 Å². The first-order valence-corrected chi connectivity index (χ1v) is 6.17. The molecule has 0 saturated carbocycles. The van der Waals surface area contributed by atoms with Crippen molar-refractivity contribution in [3.05, 3.63) is 69.3 Å². The van der Waals surface area contributed by atoms with Crippen LogP contribution in [0.15, 0.2) is 47.6 Å². The van der Waals surface area contributed by atoms with Crippen molar-refractivity contribution in [2.75, 3.05) is 5.43 Å². The SMILES string of the molecule is Cc1ccc(/C=N/Nc2ccc([N+](=O)[O-])cc2)c(C)c1. The van der Waals surface area contributed by atoms with E-state index in [1.807, 2.05) is 26.0 Å². The summed E-state index contributed by atoms with van der Waals surface area (Å²) >= 11 is 0. The van der Waals surface area contributed by atoms with E-state index in [0.29, 0.717) is 5.69 Å². The minimum absolute atomic E-state index is 0.0638. The molecule has 0 amide bonds. The molecule has 102 valence electrons. The van der Waals surface area contributed by atoms with E-state index in [1.165, 1.54) is 17.7 Å². The zero-order chi connectivity index (χ0) is 14.5. The molecule has 0 spiro atoms. The Bertz CT molecular complexity index is 649. The molecule has 0 fully saturated rings. The van der Waals surface area contributed by atoms with Crippen LogP contribution in [0.5, 0.6) is 0 Å². The van der Waals surface area contributed by atoms with Crippen LogP contribution >= 0.6 is 0 Å². The van der Waals surface area contributed by atoms with Crippen LogP contribution in [-0.4, -0.2) is 11.1 Å². The molecule has 5 heteroatoms. The number of nitrogens with zero attached hydrogens (tertiary/aromatic N) is 2. The monoisotopic (exact) mass is 269 g/mol. The number of hydrogen-bond donors (Lipinski definition) is 1. The Balaban J connectivity index is 2.04. The number of aryl methyl sites for hydroxylation is 2.